The maximum absolute atomic E-state index is 13.7. The molecule has 114 valence electrons. The van der Waals surface area contributed by atoms with Crippen molar-refractivity contribution in [1.29, 1.82) is 0 Å². The highest BCUT2D eigenvalue weighted by Gasteiger charge is 2.18. The minimum atomic E-state index is -0.361. The van der Waals surface area contributed by atoms with Gasteiger partial charge in [-0.05, 0) is 23.8 Å². The number of aliphatic imine (C=N–C) groups is 1. The lowest BCUT2D eigenvalue weighted by Gasteiger charge is -2.07. The SMILES string of the molecule is CCC#Cc1cc(CC(=O)c2ccnc3c2CC=N3)ccc1F. The van der Waals surface area contributed by atoms with E-state index >= 15 is 0 Å². The molecule has 0 N–H and O–H groups in total. The molecule has 3 rings (SSSR count). The summed E-state index contributed by atoms with van der Waals surface area (Å²) < 4.78 is 13.7. The quantitative estimate of drug-likeness (QED) is 0.641. The monoisotopic (exact) mass is 306 g/mol. The number of Topliss-reactive ketones (excluding diaryl/α,β-unsaturated/α-hetero) is 1. The number of ketones is 1. The molecule has 23 heavy (non-hydrogen) atoms. The van der Waals surface area contributed by atoms with E-state index in [-0.39, 0.29) is 18.0 Å². The number of benzene rings is 1. The van der Waals surface area contributed by atoms with Gasteiger partial charge < -0.3 is 0 Å². The van der Waals surface area contributed by atoms with E-state index in [0.29, 0.717) is 29.8 Å². The first kappa shape index (κ1) is 15.1. The molecule has 0 fully saturated rings. The van der Waals surface area contributed by atoms with Crippen LogP contribution in [-0.2, 0) is 12.8 Å². The van der Waals surface area contributed by atoms with Gasteiger partial charge in [-0.3, -0.25) is 4.79 Å². The van der Waals surface area contributed by atoms with Gasteiger partial charge >= 0.3 is 0 Å². The van der Waals surface area contributed by atoms with E-state index in [1.54, 1.807) is 30.6 Å². The number of aromatic nitrogens is 1. The number of halogens is 1. The van der Waals surface area contributed by atoms with Crippen molar-refractivity contribution in [2.24, 2.45) is 4.99 Å². The lowest BCUT2D eigenvalue weighted by Crippen LogP contribution is -2.07. The summed E-state index contributed by atoms with van der Waals surface area (Å²) in [6.45, 7) is 1.91. The van der Waals surface area contributed by atoms with Crippen molar-refractivity contribution in [2.45, 2.75) is 26.2 Å². The van der Waals surface area contributed by atoms with Crippen LogP contribution in [0.2, 0.25) is 0 Å². The van der Waals surface area contributed by atoms with Crippen molar-refractivity contribution in [2.75, 3.05) is 0 Å². The lowest BCUT2D eigenvalue weighted by molar-refractivity contribution is 0.0992. The van der Waals surface area contributed by atoms with Crippen LogP contribution < -0.4 is 0 Å². The maximum Gasteiger partial charge on any atom is 0.167 e. The fraction of sp³-hybridized carbons (Fsp3) is 0.211. The second kappa shape index (κ2) is 6.53. The van der Waals surface area contributed by atoms with Crippen LogP contribution in [-0.4, -0.2) is 17.0 Å². The van der Waals surface area contributed by atoms with E-state index in [4.69, 9.17) is 0 Å². The number of pyridine rings is 1. The van der Waals surface area contributed by atoms with Gasteiger partial charge in [-0.1, -0.05) is 24.8 Å². The normalized spacial score (nSPS) is 11.7. The molecule has 0 saturated carbocycles. The third-order valence-electron chi connectivity index (χ3n) is 3.64. The Labute approximate surface area is 134 Å². The minimum absolute atomic E-state index is 0.0184. The van der Waals surface area contributed by atoms with Gasteiger partial charge in [0.15, 0.2) is 11.6 Å². The number of carbonyl (C=O) groups excluding carboxylic acids is 1. The van der Waals surface area contributed by atoms with Crippen molar-refractivity contribution >= 4 is 17.8 Å². The second-order valence-electron chi connectivity index (χ2n) is 5.25. The molecule has 1 aliphatic heterocycles. The second-order valence-corrected chi connectivity index (χ2v) is 5.25. The van der Waals surface area contributed by atoms with E-state index in [1.165, 1.54) is 6.07 Å². The average molecular weight is 306 g/mol. The Morgan fingerprint density at radius 3 is 3.04 bits per heavy atom. The number of carbonyl (C=O) groups is 1. The molecule has 0 radical (unpaired) electrons. The summed E-state index contributed by atoms with van der Waals surface area (Å²) in [6, 6.07) is 6.36. The van der Waals surface area contributed by atoms with Crippen molar-refractivity contribution < 1.29 is 9.18 Å². The minimum Gasteiger partial charge on any atom is -0.294 e. The molecule has 0 spiro atoms. The molecule has 3 nitrogen and oxygen atoms in total. The molecule has 0 saturated heterocycles. The first-order valence-electron chi connectivity index (χ1n) is 7.50. The van der Waals surface area contributed by atoms with Gasteiger partial charge in [0.2, 0.25) is 0 Å². The summed E-state index contributed by atoms with van der Waals surface area (Å²) in [7, 11) is 0. The smallest absolute Gasteiger partial charge is 0.167 e. The molecule has 2 aromatic rings. The van der Waals surface area contributed by atoms with E-state index in [9.17, 15) is 9.18 Å². The topological polar surface area (TPSA) is 42.3 Å². The number of fused-ring (bicyclic) bond motifs is 1. The molecule has 1 aromatic heterocycles. The van der Waals surface area contributed by atoms with Crippen molar-refractivity contribution in [3.63, 3.8) is 0 Å². The van der Waals surface area contributed by atoms with Crippen LogP contribution in [0.5, 0.6) is 0 Å². The van der Waals surface area contributed by atoms with Crippen LogP contribution in [0.3, 0.4) is 0 Å². The van der Waals surface area contributed by atoms with Gasteiger partial charge in [-0.2, -0.15) is 0 Å². The highest BCUT2D eigenvalue weighted by atomic mass is 19.1. The first-order chi connectivity index (χ1) is 11.2. The van der Waals surface area contributed by atoms with Gasteiger partial charge in [0, 0.05) is 42.8 Å². The van der Waals surface area contributed by atoms with Crippen molar-refractivity contribution in [1.82, 2.24) is 4.98 Å². The Morgan fingerprint density at radius 1 is 1.35 bits per heavy atom. The standard InChI is InChI=1S/C19H15FN2O/c1-2-3-4-14-11-13(5-6-17(14)20)12-18(23)15-7-9-21-19-16(15)8-10-22-19/h5-7,9-11H,2,8,12H2,1H3. The largest absolute Gasteiger partial charge is 0.294 e. The van der Waals surface area contributed by atoms with Gasteiger partial charge in [-0.25, -0.2) is 14.4 Å². The van der Waals surface area contributed by atoms with Crippen LogP contribution in [0.1, 0.15) is 40.4 Å². The molecule has 0 amide bonds. The molecule has 1 aliphatic rings. The molecular formula is C19H15FN2O. The Morgan fingerprint density at radius 2 is 2.22 bits per heavy atom. The Kier molecular flexibility index (Phi) is 4.29. The van der Waals surface area contributed by atoms with E-state index in [2.05, 4.69) is 21.8 Å². The molecular weight excluding hydrogens is 291 g/mol. The van der Waals surface area contributed by atoms with Crippen molar-refractivity contribution in [3.05, 3.63) is 58.5 Å². The molecule has 2 heterocycles. The molecule has 1 aromatic carbocycles. The fourth-order valence-electron chi connectivity index (χ4n) is 2.52. The predicted molar refractivity (Wildman–Crippen MR) is 87.7 cm³/mol. The van der Waals surface area contributed by atoms with Crippen LogP contribution in [0.15, 0.2) is 35.5 Å². The number of rotatable bonds is 3. The summed E-state index contributed by atoms with van der Waals surface area (Å²) in [4.78, 5) is 20.9. The van der Waals surface area contributed by atoms with E-state index in [0.717, 1.165) is 11.1 Å². The van der Waals surface area contributed by atoms with Crippen LogP contribution >= 0.6 is 0 Å². The van der Waals surface area contributed by atoms with Gasteiger partial charge in [0.05, 0.1) is 5.56 Å². The molecule has 0 bridgehead atoms. The summed E-state index contributed by atoms with van der Waals surface area (Å²) in [5, 5.41) is 0. The van der Waals surface area contributed by atoms with Gasteiger partial charge in [-0.15, -0.1) is 0 Å². The highest BCUT2D eigenvalue weighted by molar-refractivity contribution is 6.01. The van der Waals surface area contributed by atoms with Crippen LogP contribution in [0.25, 0.3) is 0 Å². The van der Waals surface area contributed by atoms with Crippen molar-refractivity contribution in [3.8, 4) is 11.8 Å². The van der Waals surface area contributed by atoms with Crippen LogP contribution in [0.4, 0.5) is 10.2 Å². The zero-order valence-electron chi connectivity index (χ0n) is 12.8. The first-order valence-corrected chi connectivity index (χ1v) is 7.50. The predicted octanol–water partition coefficient (Wildman–Crippen LogP) is 3.67. The Hall–Kier alpha value is -2.80. The van der Waals surface area contributed by atoms with E-state index in [1.807, 2.05) is 6.92 Å². The molecule has 0 atom stereocenters. The van der Waals surface area contributed by atoms with Gasteiger partial charge in [0.25, 0.3) is 0 Å². The average Bonchev–Trinajstić information content (AvgIpc) is 3.03. The zero-order valence-corrected chi connectivity index (χ0v) is 12.8. The highest BCUT2D eigenvalue weighted by Crippen LogP contribution is 2.25. The third-order valence-corrected chi connectivity index (χ3v) is 3.64. The zero-order chi connectivity index (χ0) is 16.2. The Bertz CT molecular complexity index is 859. The summed E-state index contributed by atoms with van der Waals surface area (Å²) >= 11 is 0. The number of hydrogen-bond donors (Lipinski definition) is 0. The fourth-order valence-corrected chi connectivity index (χ4v) is 2.52. The molecule has 0 unspecified atom stereocenters. The van der Waals surface area contributed by atoms with Crippen LogP contribution in [0, 0.1) is 17.7 Å². The summed E-state index contributed by atoms with van der Waals surface area (Å²) in [5.41, 5.74) is 2.59. The Balaban J connectivity index is 1.85. The summed E-state index contributed by atoms with van der Waals surface area (Å²) in [6.07, 6.45) is 4.84. The number of hydrogen-bond acceptors (Lipinski definition) is 3. The summed E-state index contributed by atoms with van der Waals surface area (Å²) in [5.74, 6) is 5.88. The van der Waals surface area contributed by atoms with Gasteiger partial charge in [0.1, 0.15) is 5.82 Å². The van der Waals surface area contributed by atoms with E-state index < -0.39 is 0 Å². The third kappa shape index (κ3) is 3.19. The number of nitrogens with zero attached hydrogens (tertiary/aromatic N) is 2. The maximum atomic E-state index is 13.7. The lowest BCUT2D eigenvalue weighted by atomic mass is 9.98. The molecule has 0 aliphatic carbocycles. The molecule has 4 heteroatoms.